The fraction of sp³-hybridized carbons (Fsp3) is 0.333. The lowest BCUT2D eigenvalue weighted by Gasteiger charge is -2.03. The molecule has 0 saturated carbocycles. The van der Waals surface area contributed by atoms with Gasteiger partial charge in [-0.15, -0.1) is 0 Å². The summed E-state index contributed by atoms with van der Waals surface area (Å²) in [5, 5.41) is 1.06. The smallest absolute Gasteiger partial charge is 0.316 e. The molecule has 0 fully saturated rings. The summed E-state index contributed by atoms with van der Waals surface area (Å²) in [7, 11) is 5.33. The van der Waals surface area contributed by atoms with Crippen LogP contribution in [0.25, 0.3) is 0 Å². The number of rotatable bonds is 3. The second kappa shape index (κ2) is 8.31. The molecule has 0 aromatic heterocycles. The first kappa shape index (κ1) is 16.2. The van der Waals surface area contributed by atoms with Gasteiger partial charge in [-0.3, -0.25) is 4.79 Å². The Morgan fingerprint density at radius 3 is 2.35 bits per heavy atom. The van der Waals surface area contributed by atoms with Gasteiger partial charge in [-0.1, -0.05) is 18.2 Å². The third kappa shape index (κ3) is 5.37. The van der Waals surface area contributed by atoms with Gasteiger partial charge >= 0.3 is 5.97 Å². The minimum absolute atomic E-state index is 0. The number of nitrogens with zero attached hydrogens (tertiary/aromatic N) is 1. The lowest BCUT2D eigenvalue weighted by Crippen LogP contribution is -3.00. The Morgan fingerprint density at radius 1 is 1.29 bits per heavy atom. The van der Waals surface area contributed by atoms with E-state index in [0.717, 1.165) is 10.6 Å². The third-order valence-electron chi connectivity index (χ3n) is 1.98. The van der Waals surface area contributed by atoms with Crippen LogP contribution in [0.4, 0.5) is 0 Å². The minimum atomic E-state index is -0.208. The molecule has 0 saturated heterocycles. The van der Waals surface area contributed by atoms with Crippen LogP contribution in [-0.2, 0) is 9.53 Å². The van der Waals surface area contributed by atoms with Crippen LogP contribution in [0.3, 0.4) is 0 Å². The normalized spacial score (nSPS) is 9.12. The van der Waals surface area contributed by atoms with Crippen molar-refractivity contribution in [1.29, 1.82) is 0 Å². The zero-order chi connectivity index (χ0) is 12.0. The number of hydrogen-bond donors (Lipinski definition) is 0. The van der Waals surface area contributed by atoms with Crippen molar-refractivity contribution >= 4 is 22.8 Å². The molecule has 0 atom stereocenters. The highest BCUT2D eigenvalue weighted by Crippen LogP contribution is 2.13. The SMILES string of the molecule is COC(=O)CSC(c1ccccc1)=[N+](C)C.[Br-]. The van der Waals surface area contributed by atoms with Crippen LogP contribution < -0.4 is 17.0 Å². The molecule has 0 unspecified atom stereocenters. The first-order valence-electron chi connectivity index (χ1n) is 4.94. The van der Waals surface area contributed by atoms with Crippen molar-refractivity contribution in [2.75, 3.05) is 27.0 Å². The van der Waals surface area contributed by atoms with Crippen molar-refractivity contribution in [2.45, 2.75) is 0 Å². The number of esters is 1. The van der Waals surface area contributed by atoms with Crippen LogP contribution >= 0.6 is 11.8 Å². The maximum absolute atomic E-state index is 11.1. The highest BCUT2D eigenvalue weighted by Gasteiger charge is 2.14. The fourth-order valence-electron chi connectivity index (χ4n) is 1.24. The maximum Gasteiger partial charge on any atom is 0.316 e. The molecule has 17 heavy (non-hydrogen) atoms. The number of ether oxygens (including phenoxy) is 1. The predicted octanol–water partition coefficient (Wildman–Crippen LogP) is -1.38. The van der Waals surface area contributed by atoms with Gasteiger partial charge < -0.3 is 21.7 Å². The quantitative estimate of drug-likeness (QED) is 0.298. The number of carbonyl (C=O) groups is 1. The molecular weight excluding hydrogens is 302 g/mol. The first-order chi connectivity index (χ1) is 7.65. The summed E-state index contributed by atoms with van der Waals surface area (Å²) >= 11 is 1.48. The Hall–Kier alpha value is -0.810. The number of carbonyl (C=O) groups excluding carboxylic acids is 1. The van der Waals surface area contributed by atoms with Gasteiger partial charge in [0.15, 0.2) is 0 Å². The molecule has 0 bridgehead atoms. The molecule has 0 aliphatic rings. The third-order valence-corrected chi connectivity index (χ3v) is 3.24. The van der Waals surface area contributed by atoms with Crippen molar-refractivity contribution in [3.8, 4) is 0 Å². The van der Waals surface area contributed by atoms with Crippen molar-refractivity contribution < 1.29 is 31.1 Å². The average molecular weight is 318 g/mol. The summed E-state index contributed by atoms with van der Waals surface area (Å²) in [6.07, 6.45) is 0. The summed E-state index contributed by atoms with van der Waals surface area (Å²) in [6, 6.07) is 10.00. The van der Waals surface area contributed by atoms with E-state index in [4.69, 9.17) is 0 Å². The first-order valence-corrected chi connectivity index (χ1v) is 5.93. The van der Waals surface area contributed by atoms with Gasteiger partial charge in [-0.05, 0) is 23.9 Å². The number of thioether (sulfide) groups is 1. The molecule has 0 amide bonds. The topological polar surface area (TPSA) is 29.3 Å². The number of halogens is 1. The lowest BCUT2D eigenvalue weighted by atomic mass is 10.2. The van der Waals surface area contributed by atoms with Gasteiger partial charge in [0, 0.05) is 0 Å². The average Bonchev–Trinajstić information content (AvgIpc) is 2.30. The van der Waals surface area contributed by atoms with Gasteiger partial charge in [0.25, 0.3) is 0 Å². The molecule has 0 heterocycles. The zero-order valence-electron chi connectivity index (χ0n) is 10.1. The number of benzene rings is 1. The van der Waals surface area contributed by atoms with Crippen LogP contribution in [0.2, 0.25) is 0 Å². The summed E-state index contributed by atoms with van der Waals surface area (Å²) < 4.78 is 6.63. The largest absolute Gasteiger partial charge is 1.00 e. The van der Waals surface area contributed by atoms with Crippen molar-refractivity contribution in [2.24, 2.45) is 0 Å². The fourth-order valence-corrected chi connectivity index (χ4v) is 2.17. The Kier molecular flexibility index (Phi) is 7.91. The van der Waals surface area contributed by atoms with Crippen LogP contribution in [0.5, 0.6) is 0 Å². The second-order valence-corrected chi connectivity index (χ2v) is 4.39. The van der Waals surface area contributed by atoms with Crippen LogP contribution in [0, 0.1) is 0 Å². The molecule has 94 valence electrons. The molecule has 5 heteroatoms. The van der Waals surface area contributed by atoms with E-state index in [1.54, 1.807) is 0 Å². The van der Waals surface area contributed by atoms with E-state index in [1.165, 1.54) is 18.9 Å². The molecule has 0 spiro atoms. The van der Waals surface area contributed by atoms with E-state index in [9.17, 15) is 4.79 Å². The van der Waals surface area contributed by atoms with Crippen molar-refractivity contribution in [3.05, 3.63) is 35.9 Å². The monoisotopic (exact) mass is 317 g/mol. The van der Waals surface area contributed by atoms with Gasteiger partial charge in [-0.2, -0.15) is 0 Å². The zero-order valence-corrected chi connectivity index (χ0v) is 12.5. The van der Waals surface area contributed by atoms with Crippen LogP contribution in [0.15, 0.2) is 30.3 Å². The van der Waals surface area contributed by atoms with E-state index in [1.807, 2.05) is 49.0 Å². The summed E-state index contributed by atoms with van der Waals surface area (Å²) in [6.45, 7) is 0. The molecule has 1 aromatic rings. The summed E-state index contributed by atoms with van der Waals surface area (Å²) in [4.78, 5) is 11.1. The Balaban J connectivity index is 0.00000256. The Bertz CT molecular complexity index is 389. The standard InChI is InChI=1S/C12H16NO2S.BrH/c1-13(2)12(16-9-11(14)15-3)10-7-5-4-6-8-10;/h4-8H,9H2,1-3H3;1H/q+1;/p-1. The molecule has 0 aliphatic heterocycles. The van der Waals surface area contributed by atoms with E-state index >= 15 is 0 Å². The van der Waals surface area contributed by atoms with Gasteiger partial charge in [0.1, 0.15) is 19.8 Å². The molecule has 1 aromatic carbocycles. The number of methoxy groups -OCH3 is 1. The summed E-state index contributed by atoms with van der Waals surface area (Å²) in [5.41, 5.74) is 1.11. The molecular formula is C12H16BrNO2S. The summed E-state index contributed by atoms with van der Waals surface area (Å²) in [5.74, 6) is 0.124. The lowest BCUT2D eigenvalue weighted by molar-refractivity contribution is -0.460. The number of hydrogen-bond acceptors (Lipinski definition) is 3. The molecule has 0 aliphatic carbocycles. The molecule has 1 rings (SSSR count). The molecule has 3 nitrogen and oxygen atoms in total. The van der Waals surface area contributed by atoms with Crippen molar-refractivity contribution in [1.82, 2.24) is 0 Å². The predicted molar refractivity (Wildman–Crippen MR) is 67.1 cm³/mol. The van der Waals surface area contributed by atoms with E-state index < -0.39 is 0 Å². The highest BCUT2D eigenvalue weighted by atomic mass is 79.9. The second-order valence-electron chi connectivity index (χ2n) is 3.43. The molecule has 0 N–H and O–H groups in total. The van der Waals surface area contributed by atoms with Crippen LogP contribution in [-0.4, -0.2) is 42.5 Å². The van der Waals surface area contributed by atoms with Gasteiger partial charge in [0.05, 0.1) is 12.7 Å². The minimum Gasteiger partial charge on any atom is -1.00 e. The van der Waals surface area contributed by atoms with Gasteiger partial charge in [0.2, 0.25) is 5.04 Å². The molecule has 0 radical (unpaired) electrons. The highest BCUT2D eigenvalue weighted by molar-refractivity contribution is 8.14. The van der Waals surface area contributed by atoms with Gasteiger partial charge in [-0.25, -0.2) is 4.58 Å². The van der Waals surface area contributed by atoms with E-state index in [-0.39, 0.29) is 23.0 Å². The van der Waals surface area contributed by atoms with E-state index in [0.29, 0.717) is 5.75 Å². The Labute approximate surface area is 117 Å². The van der Waals surface area contributed by atoms with Crippen molar-refractivity contribution in [3.63, 3.8) is 0 Å². The van der Waals surface area contributed by atoms with Crippen LogP contribution in [0.1, 0.15) is 5.56 Å². The Morgan fingerprint density at radius 2 is 1.88 bits per heavy atom. The maximum atomic E-state index is 11.1. The van der Waals surface area contributed by atoms with E-state index in [2.05, 4.69) is 4.74 Å².